The maximum Gasteiger partial charge on any atom is 0.293 e. The molecule has 6 aromatic rings. The first-order chi connectivity index (χ1) is 36.1. The number of hydrogen-bond donors (Lipinski definition) is 4. The average Bonchev–Trinajstić information content (AvgIpc) is 4.07. The highest BCUT2D eigenvalue weighted by molar-refractivity contribution is 7.90. The van der Waals surface area contributed by atoms with Crippen LogP contribution in [0.5, 0.6) is 23.0 Å². The van der Waals surface area contributed by atoms with Crippen molar-refractivity contribution in [2.45, 2.75) is 107 Å². The van der Waals surface area contributed by atoms with E-state index in [1.54, 1.807) is 30.6 Å². The topological polar surface area (TPSA) is 205 Å². The van der Waals surface area contributed by atoms with Crippen molar-refractivity contribution in [3.05, 3.63) is 136 Å². The van der Waals surface area contributed by atoms with E-state index in [1.165, 1.54) is 28.8 Å². The van der Waals surface area contributed by atoms with Gasteiger partial charge >= 0.3 is 0 Å². The maximum absolute atomic E-state index is 14.1. The number of piperazine rings is 1. The molecule has 75 heavy (non-hydrogen) atoms. The van der Waals surface area contributed by atoms with E-state index in [0.717, 1.165) is 106 Å². The number of benzene rings is 4. The zero-order chi connectivity index (χ0) is 52.1. The molecule has 18 heteroatoms. The van der Waals surface area contributed by atoms with Crippen molar-refractivity contribution in [3.8, 4) is 23.0 Å². The summed E-state index contributed by atoms with van der Waals surface area (Å²) in [5, 5.41) is 26.5. The molecule has 5 heterocycles. The second-order valence-corrected chi connectivity index (χ2v) is 23.8. The van der Waals surface area contributed by atoms with Crippen molar-refractivity contribution in [2.24, 2.45) is 11.3 Å². The number of sulfonamides is 1. The minimum absolute atomic E-state index is 0.0318. The molecule has 1 atom stereocenters. The number of aromatic amines is 1. The quantitative estimate of drug-likeness (QED) is 0.0559. The Hall–Kier alpha value is -6.73. The van der Waals surface area contributed by atoms with Gasteiger partial charge < -0.3 is 34.5 Å². The summed E-state index contributed by atoms with van der Waals surface area (Å²) in [4.78, 5) is 40.5. The Morgan fingerprint density at radius 1 is 0.947 bits per heavy atom. The molecule has 2 aromatic heterocycles. The summed E-state index contributed by atoms with van der Waals surface area (Å²) in [5.41, 5.74) is 4.76. The zero-order valence-corrected chi connectivity index (χ0v) is 43.6. The molecule has 2 saturated heterocycles. The molecular weight excluding hydrogens is 973 g/mol. The molecule has 11 rings (SSSR count). The van der Waals surface area contributed by atoms with Crippen LogP contribution in [0.4, 0.5) is 17.1 Å². The Morgan fingerprint density at radius 3 is 2.52 bits per heavy atom. The molecule has 0 radical (unpaired) electrons. The first-order valence-electron chi connectivity index (χ1n) is 26.3. The van der Waals surface area contributed by atoms with E-state index in [1.807, 2.05) is 25.1 Å². The van der Waals surface area contributed by atoms with Crippen LogP contribution >= 0.6 is 0 Å². The van der Waals surface area contributed by atoms with Crippen LogP contribution < -0.4 is 29.1 Å². The Labute approximate surface area is 437 Å². The Kier molecular flexibility index (Phi) is 13.7. The number of rotatable bonds is 15. The highest BCUT2D eigenvalue weighted by Gasteiger charge is 2.50. The number of ether oxygens (including phenoxy) is 3. The van der Waals surface area contributed by atoms with Crippen molar-refractivity contribution in [2.75, 3.05) is 56.3 Å². The van der Waals surface area contributed by atoms with Gasteiger partial charge in [0, 0.05) is 87.3 Å². The number of aromatic nitrogens is 2. The minimum atomic E-state index is -4.59. The lowest BCUT2D eigenvalue weighted by Crippen LogP contribution is -2.60. The predicted octanol–water partition coefficient (Wildman–Crippen LogP) is 9.90. The molecule has 1 spiro atoms. The van der Waals surface area contributed by atoms with Crippen molar-refractivity contribution < 1.29 is 37.5 Å². The van der Waals surface area contributed by atoms with E-state index in [4.69, 9.17) is 14.2 Å². The van der Waals surface area contributed by atoms with E-state index < -0.39 is 37.0 Å². The predicted molar refractivity (Wildman–Crippen MR) is 286 cm³/mol. The Balaban J connectivity index is 0.778. The van der Waals surface area contributed by atoms with Gasteiger partial charge in [-0.3, -0.25) is 24.7 Å². The van der Waals surface area contributed by atoms with E-state index >= 15 is 0 Å². The number of pyridine rings is 1. The van der Waals surface area contributed by atoms with Gasteiger partial charge in [0.05, 0.1) is 27.2 Å². The van der Waals surface area contributed by atoms with Crippen LogP contribution in [-0.4, -0.2) is 102 Å². The summed E-state index contributed by atoms with van der Waals surface area (Å²) < 4.78 is 47.6. The van der Waals surface area contributed by atoms with Crippen molar-refractivity contribution in [3.63, 3.8) is 0 Å². The van der Waals surface area contributed by atoms with Gasteiger partial charge in [0.2, 0.25) is 6.79 Å². The highest BCUT2D eigenvalue weighted by Crippen LogP contribution is 2.53. The summed E-state index contributed by atoms with van der Waals surface area (Å²) in [6.45, 7) is 12.4. The van der Waals surface area contributed by atoms with Crippen LogP contribution in [0.15, 0.2) is 108 Å². The van der Waals surface area contributed by atoms with Crippen LogP contribution in [0.3, 0.4) is 0 Å². The second-order valence-electron chi connectivity index (χ2n) is 22.1. The molecule has 1 amide bonds. The number of anilines is 2. The van der Waals surface area contributed by atoms with Gasteiger partial charge in [-0.25, -0.2) is 18.1 Å². The van der Waals surface area contributed by atoms with Gasteiger partial charge in [-0.15, -0.1) is 0 Å². The number of nitro groups is 1. The number of amides is 1. The van der Waals surface area contributed by atoms with Gasteiger partial charge in [-0.05, 0) is 141 Å². The summed E-state index contributed by atoms with van der Waals surface area (Å²) in [6, 6.07) is 28.4. The maximum atomic E-state index is 14.1. The molecule has 394 valence electrons. The zero-order valence-electron chi connectivity index (χ0n) is 42.8. The van der Waals surface area contributed by atoms with Crippen molar-refractivity contribution in [1.82, 2.24) is 24.5 Å². The van der Waals surface area contributed by atoms with E-state index in [2.05, 4.69) is 85.0 Å². The summed E-state index contributed by atoms with van der Waals surface area (Å²) >= 11 is 0. The molecule has 4 N–H and O–H groups in total. The monoisotopic (exact) mass is 1040 g/mol. The number of nitro benzene ring substituents is 1. The standard InChI is InChI=1S/C57H66N8O9S/c1-37(2)45-6-4-5-7-46(45)50-35-62(34-39-8-13-51-53(26-39)73-36-72-51)24-25-64(50)42-30-57(31-42)19-22-63(23-20-57)41-9-11-47(52(28-41)74-43-27-40-16-21-58-54(40)60-33-43)55(66)61-75(70,71)44-10-12-48(49(29-44)65(68)69)59-32-38-14-17-56(3,67)18-15-38/h4-13,16,21,26-29,33,37-38,42,50,59,67H,14-15,17-20,22-25,30-32,34-36H2,1-3H3,(H,58,60)(H,61,66). The first-order valence-corrected chi connectivity index (χ1v) is 27.8. The lowest BCUT2D eigenvalue weighted by molar-refractivity contribution is -0.384. The fourth-order valence-electron chi connectivity index (χ4n) is 12.2. The van der Waals surface area contributed by atoms with Crippen LogP contribution in [0.25, 0.3) is 11.0 Å². The number of aliphatic hydroxyl groups is 1. The molecule has 0 bridgehead atoms. The van der Waals surface area contributed by atoms with Crippen molar-refractivity contribution in [1.29, 1.82) is 0 Å². The molecule has 3 aliphatic heterocycles. The Morgan fingerprint density at radius 2 is 1.73 bits per heavy atom. The lowest BCUT2D eigenvalue weighted by atomic mass is 9.59. The fraction of sp³-hybridized carbons (Fsp3) is 0.439. The average molecular weight is 1040 g/mol. The van der Waals surface area contributed by atoms with Crippen LogP contribution in [0.2, 0.25) is 0 Å². The van der Waals surface area contributed by atoms with E-state index in [0.29, 0.717) is 42.7 Å². The SMILES string of the molecule is CC(C)c1ccccc1C1CN(Cc2ccc3c(c2)OCO3)CCN1C1CC2(CCN(c3ccc(C(=O)NS(=O)(=O)c4ccc(NCC5CCC(C)(O)CC5)c([N+](=O)[O-])c4)c(Oc4cnc5[nH]ccc5c4)c3)CC2)C1. The number of carbonyl (C=O) groups excluding carboxylic acids is 1. The largest absolute Gasteiger partial charge is 0.455 e. The normalized spacial score (nSPS) is 22.1. The third-order valence-electron chi connectivity index (χ3n) is 16.6. The van der Waals surface area contributed by atoms with Gasteiger partial charge in [-0.2, -0.15) is 0 Å². The Bertz CT molecular complexity index is 3210. The molecule has 5 aliphatic rings. The van der Waals surface area contributed by atoms with Crippen molar-refractivity contribution >= 4 is 44.0 Å². The van der Waals surface area contributed by atoms with Gasteiger partial charge in [0.1, 0.15) is 22.8 Å². The highest BCUT2D eigenvalue weighted by atomic mass is 32.2. The smallest absolute Gasteiger partial charge is 0.293 e. The second kappa shape index (κ2) is 20.4. The number of H-pyrrole nitrogens is 1. The molecule has 4 fully saturated rings. The van der Waals surface area contributed by atoms with E-state index in [9.17, 15) is 28.4 Å². The van der Waals surface area contributed by atoms with Crippen LogP contribution in [0.1, 0.15) is 111 Å². The van der Waals surface area contributed by atoms with E-state index in [-0.39, 0.29) is 41.2 Å². The van der Waals surface area contributed by atoms with Crippen LogP contribution in [-0.2, 0) is 16.6 Å². The molecule has 4 aromatic carbocycles. The third-order valence-corrected chi connectivity index (χ3v) is 17.9. The fourth-order valence-corrected chi connectivity index (χ4v) is 13.2. The number of hydrogen-bond acceptors (Lipinski definition) is 14. The summed E-state index contributed by atoms with van der Waals surface area (Å²) in [7, 11) is -4.59. The number of carbonyl (C=O) groups is 1. The number of nitrogens with one attached hydrogen (secondary N) is 3. The summed E-state index contributed by atoms with van der Waals surface area (Å²) in [6.07, 6.45) is 10.4. The molecule has 2 saturated carbocycles. The first kappa shape index (κ1) is 50.4. The minimum Gasteiger partial charge on any atom is -0.455 e. The molecule has 2 aliphatic carbocycles. The van der Waals surface area contributed by atoms with Gasteiger partial charge in [0.25, 0.3) is 21.6 Å². The van der Waals surface area contributed by atoms with Gasteiger partial charge in [0.15, 0.2) is 11.5 Å². The number of piperidine rings is 1. The third kappa shape index (κ3) is 10.8. The summed E-state index contributed by atoms with van der Waals surface area (Å²) in [5.74, 6) is 1.77. The van der Waals surface area contributed by atoms with Crippen LogP contribution in [0, 0.1) is 21.4 Å². The number of nitrogens with zero attached hydrogens (tertiary/aromatic N) is 5. The van der Waals surface area contributed by atoms with Gasteiger partial charge in [-0.1, -0.05) is 44.2 Å². The number of fused-ring (bicyclic) bond motifs is 2. The molecular formula is C57H66N8O9S. The molecule has 1 unspecified atom stereocenters. The molecule has 17 nitrogen and oxygen atoms in total. The lowest BCUT2D eigenvalue weighted by Gasteiger charge is -2.58.